The van der Waals surface area contributed by atoms with E-state index in [0.717, 1.165) is 95.4 Å². The predicted octanol–water partition coefficient (Wildman–Crippen LogP) is 3.09. The van der Waals surface area contributed by atoms with Crippen molar-refractivity contribution in [1.82, 2.24) is 10.6 Å². The molecule has 2 aliphatic heterocycles. The molecule has 3 rings (SSSR count). The van der Waals surface area contributed by atoms with Gasteiger partial charge in [0.25, 0.3) is 0 Å². The molecule has 0 aliphatic carbocycles. The molecule has 1 aromatic rings. The Morgan fingerprint density at radius 3 is 2.74 bits per heavy atom. The van der Waals surface area contributed by atoms with Crippen LogP contribution in [-0.2, 0) is 20.8 Å². The summed E-state index contributed by atoms with van der Waals surface area (Å²) >= 11 is 0. The number of nitrogens with zero attached hydrogens (tertiary/aromatic N) is 2. The van der Waals surface area contributed by atoms with Gasteiger partial charge in [-0.2, -0.15) is 0 Å². The van der Waals surface area contributed by atoms with Gasteiger partial charge in [0.05, 0.1) is 6.54 Å². The zero-order valence-corrected chi connectivity index (χ0v) is 18.9. The molecule has 2 N–H and O–H groups in total. The van der Waals surface area contributed by atoms with Crippen molar-refractivity contribution in [2.75, 3.05) is 51.0 Å². The second-order valence-electron chi connectivity index (χ2n) is 8.28. The zero-order valence-electron chi connectivity index (χ0n) is 18.9. The second kappa shape index (κ2) is 13.3. The Kier molecular flexibility index (Phi) is 10.1. The molecule has 0 spiro atoms. The van der Waals surface area contributed by atoms with Gasteiger partial charge in [0.15, 0.2) is 5.96 Å². The molecule has 0 bridgehead atoms. The molecular formula is C24H38N4O3. The van der Waals surface area contributed by atoms with E-state index in [1.54, 1.807) is 0 Å². The topological polar surface area (TPSA) is 75.2 Å². The van der Waals surface area contributed by atoms with Gasteiger partial charge in [0.1, 0.15) is 0 Å². The minimum absolute atomic E-state index is 0.229. The minimum atomic E-state index is 0.229. The van der Waals surface area contributed by atoms with Crippen molar-refractivity contribution < 1.29 is 14.3 Å². The molecule has 2 fully saturated rings. The summed E-state index contributed by atoms with van der Waals surface area (Å²) in [6.45, 7) is 8.50. The van der Waals surface area contributed by atoms with Crippen molar-refractivity contribution in [3.05, 3.63) is 29.8 Å². The first-order valence-electron chi connectivity index (χ1n) is 11.8. The Bertz CT molecular complexity index is 687. The summed E-state index contributed by atoms with van der Waals surface area (Å²) in [6, 6.07) is 8.19. The number of carbonyl (C=O) groups excluding carboxylic acids is 1. The summed E-state index contributed by atoms with van der Waals surface area (Å²) in [7, 11) is 0. The Morgan fingerprint density at radius 2 is 2.00 bits per heavy atom. The monoisotopic (exact) mass is 430 g/mol. The van der Waals surface area contributed by atoms with Crippen LogP contribution in [0.2, 0.25) is 0 Å². The number of amides is 1. The molecule has 1 amide bonds. The van der Waals surface area contributed by atoms with Crippen molar-refractivity contribution in [2.45, 2.75) is 52.0 Å². The van der Waals surface area contributed by atoms with Crippen LogP contribution in [0.1, 0.15) is 51.0 Å². The molecular weight excluding hydrogens is 392 g/mol. The van der Waals surface area contributed by atoms with Crippen LogP contribution in [0, 0.1) is 5.92 Å². The fourth-order valence-corrected chi connectivity index (χ4v) is 3.92. The highest BCUT2D eigenvalue weighted by Gasteiger charge is 2.19. The molecule has 0 saturated carbocycles. The second-order valence-corrected chi connectivity index (χ2v) is 8.28. The maximum absolute atomic E-state index is 12.1. The molecule has 2 aliphatic rings. The van der Waals surface area contributed by atoms with Gasteiger partial charge in [-0.15, -0.1) is 0 Å². The highest BCUT2D eigenvalue weighted by molar-refractivity contribution is 5.93. The van der Waals surface area contributed by atoms with Crippen molar-refractivity contribution in [2.24, 2.45) is 10.9 Å². The van der Waals surface area contributed by atoms with Crippen molar-refractivity contribution in [1.29, 1.82) is 0 Å². The Labute approximate surface area is 186 Å². The standard InChI is InChI=1S/C24H38N4O3/c1-2-25-24(26-13-5-15-31-19-21-11-16-30-17-12-21)27-18-20-7-9-22(10-8-20)28-14-4-3-6-23(28)29/h7-10,21H,2-6,11-19H2,1H3,(H2,25,26,27). The largest absolute Gasteiger partial charge is 0.381 e. The van der Waals surface area contributed by atoms with E-state index >= 15 is 0 Å². The van der Waals surface area contributed by atoms with E-state index in [4.69, 9.17) is 14.5 Å². The number of rotatable bonds is 10. The lowest BCUT2D eigenvalue weighted by Crippen LogP contribution is -2.38. The number of guanidine groups is 1. The van der Waals surface area contributed by atoms with Crippen LogP contribution < -0.4 is 15.5 Å². The summed E-state index contributed by atoms with van der Waals surface area (Å²) < 4.78 is 11.2. The fourth-order valence-electron chi connectivity index (χ4n) is 3.92. The maximum Gasteiger partial charge on any atom is 0.226 e. The maximum atomic E-state index is 12.1. The lowest BCUT2D eigenvalue weighted by molar-refractivity contribution is -0.119. The van der Waals surface area contributed by atoms with Gasteiger partial charge in [0, 0.05) is 58.2 Å². The van der Waals surface area contributed by atoms with Gasteiger partial charge in [-0.25, -0.2) is 4.99 Å². The van der Waals surface area contributed by atoms with E-state index in [-0.39, 0.29) is 5.91 Å². The lowest BCUT2D eigenvalue weighted by atomic mass is 10.0. The number of piperidine rings is 1. The normalized spacial score (nSPS) is 18.3. The quantitative estimate of drug-likeness (QED) is 0.339. The van der Waals surface area contributed by atoms with Crippen LogP contribution in [0.25, 0.3) is 0 Å². The first-order valence-corrected chi connectivity index (χ1v) is 11.8. The molecule has 2 heterocycles. The number of hydrogen-bond acceptors (Lipinski definition) is 4. The first-order chi connectivity index (χ1) is 15.3. The highest BCUT2D eigenvalue weighted by atomic mass is 16.5. The van der Waals surface area contributed by atoms with Crippen LogP contribution in [-0.4, -0.2) is 57.9 Å². The number of ether oxygens (including phenoxy) is 2. The van der Waals surface area contributed by atoms with E-state index < -0.39 is 0 Å². The van der Waals surface area contributed by atoms with Crippen LogP contribution >= 0.6 is 0 Å². The third-order valence-electron chi connectivity index (χ3n) is 5.79. The number of benzene rings is 1. The fraction of sp³-hybridized carbons (Fsp3) is 0.667. The molecule has 0 unspecified atom stereocenters. The van der Waals surface area contributed by atoms with Gasteiger partial charge in [0.2, 0.25) is 5.91 Å². The molecule has 0 radical (unpaired) electrons. The number of nitrogens with one attached hydrogen (secondary N) is 2. The van der Waals surface area contributed by atoms with Crippen molar-refractivity contribution in [3.8, 4) is 0 Å². The average Bonchev–Trinajstić information content (AvgIpc) is 2.81. The van der Waals surface area contributed by atoms with Crippen molar-refractivity contribution in [3.63, 3.8) is 0 Å². The van der Waals surface area contributed by atoms with Gasteiger partial charge < -0.3 is 25.0 Å². The number of carbonyl (C=O) groups is 1. The summed E-state index contributed by atoms with van der Waals surface area (Å²) in [4.78, 5) is 18.7. The molecule has 0 aromatic heterocycles. The molecule has 172 valence electrons. The Morgan fingerprint density at radius 1 is 1.19 bits per heavy atom. The predicted molar refractivity (Wildman–Crippen MR) is 124 cm³/mol. The smallest absolute Gasteiger partial charge is 0.226 e. The molecule has 7 heteroatoms. The third kappa shape index (κ3) is 8.15. The van der Waals surface area contributed by atoms with E-state index in [1.165, 1.54) is 0 Å². The SMILES string of the molecule is CCNC(=NCc1ccc(N2CCCCC2=O)cc1)NCCCOCC1CCOCC1. The molecule has 1 aromatic carbocycles. The van der Waals surface area contributed by atoms with E-state index in [2.05, 4.69) is 29.7 Å². The highest BCUT2D eigenvalue weighted by Crippen LogP contribution is 2.21. The summed E-state index contributed by atoms with van der Waals surface area (Å²) in [5.74, 6) is 1.70. The van der Waals surface area contributed by atoms with E-state index in [0.29, 0.717) is 18.9 Å². The van der Waals surface area contributed by atoms with Gasteiger partial charge in [-0.05, 0) is 62.6 Å². The molecule has 31 heavy (non-hydrogen) atoms. The number of anilines is 1. The van der Waals surface area contributed by atoms with Gasteiger partial charge >= 0.3 is 0 Å². The van der Waals surface area contributed by atoms with Crippen molar-refractivity contribution >= 4 is 17.6 Å². The summed E-state index contributed by atoms with van der Waals surface area (Å²) in [5.41, 5.74) is 2.12. The molecule has 2 saturated heterocycles. The Balaban J connectivity index is 1.37. The van der Waals surface area contributed by atoms with Crippen LogP contribution in [0.5, 0.6) is 0 Å². The summed E-state index contributed by atoms with van der Waals surface area (Å²) in [5, 5.41) is 6.68. The zero-order chi connectivity index (χ0) is 21.7. The number of aliphatic imine (C=N–C) groups is 1. The lowest BCUT2D eigenvalue weighted by Gasteiger charge is -2.26. The van der Waals surface area contributed by atoms with Gasteiger partial charge in [-0.3, -0.25) is 4.79 Å². The number of hydrogen-bond donors (Lipinski definition) is 2. The minimum Gasteiger partial charge on any atom is -0.381 e. The van der Waals surface area contributed by atoms with Crippen LogP contribution in [0.4, 0.5) is 5.69 Å². The van der Waals surface area contributed by atoms with E-state index in [9.17, 15) is 4.79 Å². The average molecular weight is 431 g/mol. The van der Waals surface area contributed by atoms with Crippen LogP contribution in [0.15, 0.2) is 29.3 Å². The third-order valence-corrected chi connectivity index (χ3v) is 5.79. The van der Waals surface area contributed by atoms with Gasteiger partial charge in [-0.1, -0.05) is 12.1 Å². The van der Waals surface area contributed by atoms with Crippen LogP contribution in [0.3, 0.4) is 0 Å². The first kappa shape index (κ1) is 23.5. The van der Waals surface area contributed by atoms with E-state index in [1.807, 2.05) is 17.0 Å². The summed E-state index contributed by atoms with van der Waals surface area (Å²) in [6.07, 6.45) is 5.92. The molecule has 7 nitrogen and oxygen atoms in total. The Hall–Kier alpha value is -2.12. The molecule has 0 atom stereocenters.